The molecule has 0 radical (unpaired) electrons. The van der Waals surface area contributed by atoms with Crippen LogP contribution in [0.2, 0.25) is 0 Å². The second-order valence-corrected chi connectivity index (χ2v) is 6.13. The van der Waals surface area contributed by atoms with Crippen molar-refractivity contribution in [2.75, 3.05) is 17.3 Å². The van der Waals surface area contributed by atoms with Crippen molar-refractivity contribution in [1.29, 1.82) is 0 Å². The van der Waals surface area contributed by atoms with Crippen LogP contribution in [-0.2, 0) is 11.2 Å². The number of anilines is 3. The highest BCUT2D eigenvalue weighted by Crippen LogP contribution is 2.30. The summed E-state index contributed by atoms with van der Waals surface area (Å²) in [6, 6.07) is 16.2. The molecule has 1 heterocycles. The number of carbonyl (C=O) groups is 1. The number of ether oxygens (including phenoxy) is 1. The Morgan fingerprint density at radius 1 is 1.07 bits per heavy atom. The zero-order valence-corrected chi connectivity index (χ0v) is 16.2. The lowest BCUT2D eigenvalue weighted by atomic mass is 10.1. The van der Waals surface area contributed by atoms with Gasteiger partial charge in [-0.25, -0.2) is 9.97 Å². The van der Waals surface area contributed by atoms with E-state index in [9.17, 15) is 14.9 Å². The van der Waals surface area contributed by atoms with Gasteiger partial charge >= 0.3 is 5.69 Å². The van der Waals surface area contributed by atoms with E-state index in [0.717, 1.165) is 18.3 Å². The summed E-state index contributed by atoms with van der Waals surface area (Å²) in [4.78, 5) is 30.8. The van der Waals surface area contributed by atoms with Crippen LogP contribution < -0.4 is 20.9 Å². The molecular formula is C20H20N6O4. The lowest BCUT2D eigenvalue weighted by Gasteiger charge is -2.11. The van der Waals surface area contributed by atoms with Gasteiger partial charge in [-0.05, 0) is 36.2 Å². The monoisotopic (exact) mass is 408 g/mol. The number of para-hydroxylation sites is 1. The maximum absolute atomic E-state index is 12.0. The minimum absolute atomic E-state index is 0.00321. The number of aryl methyl sites for hydroxylation is 1. The molecule has 1 aromatic heterocycles. The predicted octanol–water partition coefficient (Wildman–Crippen LogP) is 3.21. The molecule has 0 atom stereocenters. The van der Waals surface area contributed by atoms with Crippen LogP contribution >= 0.6 is 0 Å². The van der Waals surface area contributed by atoms with Gasteiger partial charge in [0.1, 0.15) is 12.1 Å². The second-order valence-electron chi connectivity index (χ2n) is 6.13. The third kappa shape index (κ3) is 5.41. The first-order valence-corrected chi connectivity index (χ1v) is 9.15. The molecule has 30 heavy (non-hydrogen) atoms. The van der Waals surface area contributed by atoms with Crippen LogP contribution in [0, 0.1) is 10.1 Å². The number of hydrazine groups is 1. The van der Waals surface area contributed by atoms with E-state index in [2.05, 4.69) is 26.1 Å². The van der Waals surface area contributed by atoms with Crippen LogP contribution in [0.4, 0.5) is 23.0 Å². The van der Waals surface area contributed by atoms with Gasteiger partial charge in [0.05, 0.1) is 4.92 Å². The predicted molar refractivity (Wildman–Crippen MR) is 111 cm³/mol. The van der Waals surface area contributed by atoms with Crippen LogP contribution in [0.25, 0.3) is 0 Å². The molecule has 1 amide bonds. The van der Waals surface area contributed by atoms with E-state index in [-0.39, 0.29) is 18.2 Å². The maximum Gasteiger partial charge on any atom is 0.355 e. The van der Waals surface area contributed by atoms with Gasteiger partial charge in [0, 0.05) is 5.69 Å². The summed E-state index contributed by atoms with van der Waals surface area (Å²) >= 11 is 0. The number of carbonyl (C=O) groups excluding carboxylic acids is 1. The number of nitrogens with one attached hydrogen (secondary N) is 3. The molecule has 3 rings (SSSR count). The Morgan fingerprint density at radius 3 is 2.43 bits per heavy atom. The first kappa shape index (κ1) is 20.5. The van der Waals surface area contributed by atoms with Gasteiger partial charge in [-0.15, -0.1) is 0 Å². The molecule has 0 saturated carbocycles. The summed E-state index contributed by atoms with van der Waals surface area (Å²) in [6.07, 6.45) is 2.04. The molecule has 3 aromatic rings. The Morgan fingerprint density at radius 2 is 1.77 bits per heavy atom. The number of hydrogen-bond acceptors (Lipinski definition) is 8. The Balaban J connectivity index is 1.67. The van der Waals surface area contributed by atoms with Crippen LogP contribution in [0.1, 0.15) is 12.5 Å². The van der Waals surface area contributed by atoms with Gasteiger partial charge < -0.3 is 10.1 Å². The quantitative estimate of drug-likeness (QED) is 0.363. The minimum Gasteiger partial charge on any atom is -0.484 e. The minimum atomic E-state index is -0.627. The SMILES string of the molecule is CCc1ccc(Nc2ncnc(NNC(=O)COc3ccccc3)c2[N+](=O)[O-])cc1. The van der Waals surface area contributed by atoms with Crippen LogP contribution in [0.5, 0.6) is 5.75 Å². The highest BCUT2D eigenvalue weighted by molar-refractivity contribution is 5.80. The lowest BCUT2D eigenvalue weighted by Crippen LogP contribution is -2.34. The largest absolute Gasteiger partial charge is 0.484 e. The Hall–Kier alpha value is -4.21. The molecule has 0 fully saturated rings. The second kappa shape index (κ2) is 9.82. The molecule has 2 aromatic carbocycles. The number of amides is 1. The fourth-order valence-electron chi connectivity index (χ4n) is 2.53. The molecule has 0 aliphatic heterocycles. The fourth-order valence-corrected chi connectivity index (χ4v) is 2.53. The topological polar surface area (TPSA) is 131 Å². The van der Waals surface area contributed by atoms with E-state index in [1.54, 1.807) is 36.4 Å². The highest BCUT2D eigenvalue weighted by Gasteiger charge is 2.23. The molecule has 0 saturated heterocycles. The molecular weight excluding hydrogens is 388 g/mol. The molecule has 0 aliphatic carbocycles. The van der Waals surface area contributed by atoms with Crippen molar-refractivity contribution in [2.24, 2.45) is 0 Å². The average molecular weight is 408 g/mol. The molecule has 0 aliphatic rings. The molecule has 0 spiro atoms. The third-order valence-electron chi connectivity index (χ3n) is 4.06. The van der Waals surface area contributed by atoms with E-state index in [1.807, 2.05) is 25.1 Å². The van der Waals surface area contributed by atoms with E-state index in [4.69, 9.17) is 4.74 Å². The number of nitro groups is 1. The van der Waals surface area contributed by atoms with Gasteiger partial charge in [0.2, 0.25) is 11.6 Å². The van der Waals surface area contributed by atoms with Crippen LogP contribution in [0.15, 0.2) is 60.9 Å². The normalized spacial score (nSPS) is 10.2. The average Bonchev–Trinajstić information content (AvgIpc) is 2.77. The first-order valence-electron chi connectivity index (χ1n) is 9.15. The number of hydrogen-bond donors (Lipinski definition) is 3. The summed E-state index contributed by atoms with van der Waals surface area (Å²) in [7, 11) is 0. The summed E-state index contributed by atoms with van der Waals surface area (Å²) in [5.74, 6) is -0.162. The number of benzene rings is 2. The fraction of sp³-hybridized carbons (Fsp3) is 0.150. The zero-order chi connectivity index (χ0) is 21.3. The Kier molecular flexibility index (Phi) is 6.72. The Labute approximate surface area is 172 Å². The van der Waals surface area contributed by atoms with Gasteiger partial charge in [-0.2, -0.15) is 0 Å². The molecule has 0 unspecified atom stereocenters. The number of nitrogens with zero attached hydrogens (tertiary/aromatic N) is 3. The van der Waals surface area contributed by atoms with Gasteiger partial charge in [0.15, 0.2) is 6.61 Å². The standard InChI is InChI=1S/C20H20N6O4/c1-2-14-8-10-15(11-9-14)23-19-18(26(28)29)20(22-13-21-19)25-24-17(27)12-30-16-6-4-3-5-7-16/h3-11,13H,2,12H2,1H3,(H,24,27)(H2,21,22,23,25). The summed E-state index contributed by atoms with van der Waals surface area (Å²) in [5.41, 5.74) is 6.17. The van der Waals surface area contributed by atoms with Gasteiger partial charge in [-0.3, -0.25) is 25.8 Å². The molecule has 0 bridgehead atoms. The third-order valence-corrected chi connectivity index (χ3v) is 4.06. The van der Waals surface area contributed by atoms with Crippen LogP contribution in [-0.4, -0.2) is 27.4 Å². The maximum atomic E-state index is 12.0. The van der Waals surface area contributed by atoms with E-state index >= 15 is 0 Å². The van der Waals surface area contributed by atoms with Crippen molar-refractivity contribution >= 4 is 28.9 Å². The van der Waals surface area contributed by atoms with Crippen molar-refractivity contribution in [1.82, 2.24) is 15.4 Å². The molecule has 154 valence electrons. The molecule has 10 heteroatoms. The highest BCUT2D eigenvalue weighted by atomic mass is 16.6. The summed E-state index contributed by atoms with van der Waals surface area (Å²) in [5, 5.41) is 14.5. The van der Waals surface area contributed by atoms with Crippen molar-refractivity contribution < 1.29 is 14.5 Å². The molecule has 10 nitrogen and oxygen atoms in total. The van der Waals surface area contributed by atoms with Crippen molar-refractivity contribution in [3.05, 3.63) is 76.6 Å². The zero-order valence-electron chi connectivity index (χ0n) is 16.2. The van der Waals surface area contributed by atoms with E-state index in [1.165, 1.54) is 0 Å². The van der Waals surface area contributed by atoms with Crippen LogP contribution in [0.3, 0.4) is 0 Å². The van der Waals surface area contributed by atoms with Crippen molar-refractivity contribution in [3.8, 4) is 5.75 Å². The van der Waals surface area contributed by atoms with Gasteiger partial charge in [-0.1, -0.05) is 37.3 Å². The smallest absolute Gasteiger partial charge is 0.355 e. The van der Waals surface area contributed by atoms with Crippen molar-refractivity contribution in [2.45, 2.75) is 13.3 Å². The van der Waals surface area contributed by atoms with Crippen molar-refractivity contribution in [3.63, 3.8) is 0 Å². The van der Waals surface area contributed by atoms with E-state index < -0.39 is 16.5 Å². The number of rotatable bonds is 9. The molecule has 3 N–H and O–H groups in total. The Bertz CT molecular complexity index is 1010. The van der Waals surface area contributed by atoms with E-state index in [0.29, 0.717) is 11.4 Å². The summed E-state index contributed by atoms with van der Waals surface area (Å²) in [6.45, 7) is 1.76. The lowest BCUT2D eigenvalue weighted by molar-refractivity contribution is -0.383. The summed E-state index contributed by atoms with van der Waals surface area (Å²) < 4.78 is 5.32. The first-order chi connectivity index (χ1) is 14.6. The number of aromatic nitrogens is 2. The van der Waals surface area contributed by atoms with Gasteiger partial charge in [0.25, 0.3) is 5.91 Å².